The predicted molar refractivity (Wildman–Crippen MR) is 170 cm³/mol. The summed E-state index contributed by atoms with van der Waals surface area (Å²) < 4.78 is 7.56. The van der Waals surface area contributed by atoms with Crippen molar-refractivity contribution in [2.45, 2.75) is 38.6 Å². The van der Waals surface area contributed by atoms with E-state index in [0.717, 1.165) is 84.3 Å². The lowest BCUT2D eigenvalue weighted by Crippen LogP contribution is -2.43. The van der Waals surface area contributed by atoms with E-state index in [2.05, 4.69) is 63.7 Å². The van der Waals surface area contributed by atoms with Crippen LogP contribution < -0.4 is 21.7 Å². The number of anilines is 4. The summed E-state index contributed by atoms with van der Waals surface area (Å²) in [4.78, 5) is 16.6. The monoisotopic (exact) mass is 562 g/mol. The van der Waals surface area contributed by atoms with Crippen LogP contribution in [0.15, 0.2) is 79.0 Å². The van der Waals surface area contributed by atoms with Crippen LogP contribution in [0.2, 0.25) is 0 Å². The molecule has 1 saturated carbocycles. The van der Waals surface area contributed by atoms with Gasteiger partial charge in [0.1, 0.15) is 17.2 Å². The van der Waals surface area contributed by atoms with Crippen molar-refractivity contribution in [1.29, 1.82) is 0 Å². The summed E-state index contributed by atoms with van der Waals surface area (Å²) in [7, 11) is 0. The molecule has 0 unspecified atom stereocenters. The van der Waals surface area contributed by atoms with Crippen LogP contribution in [0.1, 0.15) is 38.7 Å². The smallest absolute Gasteiger partial charge is 0.167 e. The van der Waals surface area contributed by atoms with Crippen LogP contribution in [0.4, 0.5) is 23.0 Å². The fourth-order valence-corrected chi connectivity index (χ4v) is 5.60. The molecule has 0 atom stereocenters. The second kappa shape index (κ2) is 11.8. The van der Waals surface area contributed by atoms with E-state index >= 15 is 0 Å². The summed E-state index contributed by atoms with van der Waals surface area (Å²) in [6.45, 7) is 7.27. The largest absolute Gasteiger partial charge is 0.383 e. The molecular formula is C33H38N8O. The summed E-state index contributed by atoms with van der Waals surface area (Å²) in [6, 6.07) is 24.6. The predicted octanol–water partition coefficient (Wildman–Crippen LogP) is 6.01. The van der Waals surface area contributed by atoms with Crippen LogP contribution in [-0.4, -0.2) is 45.8 Å². The summed E-state index contributed by atoms with van der Waals surface area (Å²) in [5.41, 5.74) is 19.2. The minimum Gasteiger partial charge on any atom is -0.383 e. The first-order valence-corrected chi connectivity index (χ1v) is 14.8. The van der Waals surface area contributed by atoms with Crippen molar-refractivity contribution in [1.82, 2.24) is 19.5 Å². The Labute approximate surface area is 246 Å². The molecule has 0 radical (unpaired) electrons. The molecule has 5 N–H and O–H groups in total. The first kappa shape index (κ1) is 27.7. The Balaban J connectivity index is 0.00000155. The van der Waals surface area contributed by atoms with Gasteiger partial charge in [0.25, 0.3) is 0 Å². The van der Waals surface area contributed by atoms with Gasteiger partial charge in [-0.05, 0) is 79.4 Å². The Morgan fingerprint density at radius 2 is 1.67 bits per heavy atom. The maximum atomic E-state index is 6.60. The third-order valence-electron chi connectivity index (χ3n) is 8.02. The second-order valence-corrected chi connectivity index (χ2v) is 10.6. The topological polar surface area (TPSA) is 120 Å². The molecule has 2 fully saturated rings. The number of nitrogens with one attached hydrogen (secondary N) is 1. The van der Waals surface area contributed by atoms with Gasteiger partial charge in [0.15, 0.2) is 11.5 Å². The summed E-state index contributed by atoms with van der Waals surface area (Å²) >= 11 is 0. The molecule has 5 aromatic rings. The van der Waals surface area contributed by atoms with Crippen molar-refractivity contribution >= 4 is 34.2 Å². The lowest BCUT2D eigenvalue weighted by atomic mass is 9.73. The van der Waals surface area contributed by atoms with E-state index in [0.29, 0.717) is 11.6 Å². The van der Waals surface area contributed by atoms with Crippen molar-refractivity contribution < 1.29 is 4.74 Å². The number of morpholine rings is 1. The van der Waals surface area contributed by atoms with Gasteiger partial charge >= 0.3 is 0 Å². The zero-order valence-electron chi connectivity index (χ0n) is 24.3. The Bertz CT molecular complexity index is 1670. The number of nitrogens with two attached hydrogens (primary N) is 2. The number of imidazole rings is 1. The summed E-state index contributed by atoms with van der Waals surface area (Å²) in [5, 5.41) is 3.50. The van der Waals surface area contributed by atoms with E-state index < -0.39 is 0 Å². The summed E-state index contributed by atoms with van der Waals surface area (Å²) in [5.74, 6) is 1.84. The van der Waals surface area contributed by atoms with Crippen LogP contribution in [0.5, 0.6) is 0 Å². The maximum absolute atomic E-state index is 6.60. The molecule has 0 spiro atoms. The number of benzene rings is 2. The van der Waals surface area contributed by atoms with Gasteiger partial charge in [0.05, 0.1) is 18.8 Å². The number of ether oxygens (including phenoxy) is 1. The highest BCUT2D eigenvalue weighted by molar-refractivity contribution is 5.84. The van der Waals surface area contributed by atoms with Gasteiger partial charge in [0.2, 0.25) is 0 Å². The van der Waals surface area contributed by atoms with Crippen molar-refractivity contribution in [2.24, 2.45) is 5.73 Å². The molecule has 216 valence electrons. The van der Waals surface area contributed by atoms with Gasteiger partial charge in [-0.3, -0.25) is 4.57 Å². The normalized spacial score (nSPS) is 15.9. The molecule has 3 aromatic heterocycles. The van der Waals surface area contributed by atoms with E-state index in [1.165, 1.54) is 6.42 Å². The van der Waals surface area contributed by atoms with Crippen LogP contribution in [0.3, 0.4) is 0 Å². The number of pyridine rings is 2. The molecule has 0 bridgehead atoms. The lowest BCUT2D eigenvalue weighted by Gasteiger charge is -2.38. The molecule has 9 heteroatoms. The second-order valence-electron chi connectivity index (χ2n) is 10.6. The Morgan fingerprint density at radius 3 is 2.38 bits per heavy atom. The molecular weight excluding hydrogens is 524 g/mol. The first-order chi connectivity index (χ1) is 20.6. The number of fused-ring (bicyclic) bond motifs is 1. The molecule has 42 heavy (non-hydrogen) atoms. The van der Waals surface area contributed by atoms with Gasteiger partial charge in [-0.25, -0.2) is 15.0 Å². The molecule has 9 nitrogen and oxygen atoms in total. The van der Waals surface area contributed by atoms with E-state index in [9.17, 15) is 0 Å². The highest BCUT2D eigenvalue weighted by Crippen LogP contribution is 2.39. The average molecular weight is 563 g/mol. The summed E-state index contributed by atoms with van der Waals surface area (Å²) in [6.07, 6.45) is 4.89. The number of rotatable bonds is 6. The van der Waals surface area contributed by atoms with Gasteiger partial charge < -0.3 is 26.4 Å². The molecule has 1 saturated heterocycles. The maximum Gasteiger partial charge on any atom is 0.167 e. The molecule has 4 heterocycles. The minimum absolute atomic E-state index is 0.225. The van der Waals surface area contributed by atoms with Crippen molar-refractivity contribution in [3.63, 3.8) is 0 Å². The van der Waals surface area contributed by atoms with Gasteiger partial charge in [-0.2, -0.15) is 0 Å². The first-order valence-electron chi connectivity index (χ1n) is 14.8. The van der Waals surface area contributed by atoms with Crippen molar-refractivity contribution in [2.75, 3.05) is 42.3 Å². The van der Waals surface area contributed by atoms with Crippen molar-refractivity contribution in [3.8, 4) is 17.1 Å². The molecule has 1 aliphatic heterocycles. The number of hydrogen-bond acceptors (Lipinski definition) is 8. The molecule has 7 rings (SSSR count). The third-order valence-corrected chi connectivity index (χ3v) is 8.02. The molecule has 1 aliphatic carbocycles. The number of aromatic nitrogens is 4. The van der Waals surface area contributed by atoms with Crippen LogP contribution >= 0.6 is 0 Å². The van der Waals surface area contributed by atoms with Crippen LogP contribution in [0, 0.1) is 0 Å². The number of nitrogen functional groups attached to an aromatic ring is 1. The number of nitrogens with zero attached hydrogens (tertiary/aromatic N) is 5. The third kappa shape index (κ3) is 5.29. The van der Waals surface area contributed by atoms with Crippen LogP contribution in [0.25, 0.3) is 28.2 Å². The van der Waals surface area contributed by atoms with E-state index in [4.69, 9.17) is 26.2 Å². The van der Waals surface area contributed by atoms with Gasteiger partial charge in [-0.1, -0.05) is 32.0 Å². The molecule has 0 amide bonds. The van der Waals surface area contributed by atoms with E-state index in [1.807, 2.05) is 42.7 Å². The van der Waals surface area contributed by atoms with Crippen molar-refractivity contribution in [3.05, 3.63) is 84.6 Å². The highest BCUT2D eigenvalue weighted by Gasteiger charge is 2.34. The minimum atomic E-state index is -0.225. The van der Waals surface area contributed by atoms with Gasteiger partial charge in [0, 0.05) is 41.9 Å². The van der Waals surface area contributed by atoms with Gasteiger partial charge in [-0.15, -0.1) is 0 Å². The Morgan fingerprint density at radius 1 is 0.881 bits per heavy atom. The average Bonchev–Trinajstić information content (AvgIpc) is 3.40. The fourth-order valence-electron chi connectivity index (χ4n) is 5.60. The molecule has 2 aromatic carbocycles. The van der Waals surface area contributed by atoms with E-state index in [1.54, 1.807) is 6.20 Å². The SMILES string of the molecule is CC.Nc1ncccc1-c1nc2ccc(Nc3cccc(N4CCOCC4)c3)nc2n1-c1ccc(C2(N)CCC2)cc1. The zero-order valence-corrected chi connectivity index (χ0v) is 24.3. The molecule has 2 aliphatic rings. The lowest BCUT2D eigenvalue weighted by molar-refractivity contribution is 0.122. The standard InChI is InChI=1S/C31H32N8O.C2H6/c32-28-25(6-2-15-34-28)29-36-26-11-12-27(35-22-4-1-5-24(20-22)38-16-18-40-19-17-38)37-30(26)39(29)23-9-7-21(8-10-23)31(33)13-3-14-31;1-2/h1-2,4-12,15,20H,3,13-14,16-19,33H2,(H2,32,34)(H,35,37);1-2H3. The highest BCUT2D eigenvalue weighted by atomic mass is 16.5. The quantitative estimate of drug-likeness (QED) is 0.230. The fraction of sp³-hybridized carbons (Fsp3) is 0.303. The van der Waals surface area contributed by atoms with E-state index in [-0.39, 0.29) is 5.54 Å². The number of hydrogen-bond donors (Lipinski definition) is 3. The van der Waals surface area contributed by atoms with Crippen LogP contribution in [-0.2, 0) is 10.3 Å². The Kier molecular flexibility index (Phi) is 7.78. The Hall–Kier alpha value is -4.47. The zero-order chi connectivity index (χ0) is 29.1.